The third-order valence-electron chi connectivity index (χ3n) is 4.74. The van der Waals surface area contributed by atoms with Gasteiger partial charge in [0.15, 0.2) is 5.82 Å². The van der Waals surface area contributed by atoms with Gasteiger partial charge in [-0.25, -0.2) is 9.37 Å². The highest BCUT2D eigenvalue weighted by Crippen LogP contribution is 2.32. The number of benzene rings is 2. The molecule has 0 spiro atoms. The molecule has 1 saturated carbocycles. The molecule has 0 amide bonds. The van der Waals surface area contributed by atoms with E-state index in [2.05, 4.69) is 26.8 Å². The average Bonchev–Trinajstić information content (AvgIpc) is 3.42. The van der Waals surface area contributed by atoms with Crippen LogP contribution in [0.1, 0.15) is 12.8 Å². The zero-order chi connectivity index (χ0) is 19.1. The molecule has 4 aromatic rings. The zero-order valence-corrected chi connectivity index (χ0v) is 15.4. The van der Waals surface area contributed by atoms with E-state index in [9.17, 15) is 4.39 Å². The van der Waals surface area contributed by atoms with E-state index in [4.69, 9.17) is 4.98 Å². The number of halogens is 1. The molecule has 0 bridgehead atoms. The molecule has 2 aromatic heterocycles. The highest BCUT2D eigenvalue weighted by molar-refractivity contribution is 5.93. The van der Waals surface area contributed by atoms with Gasteiger partial charge < -0.3 is 10.6 Å². The number of nitrogens with one attached hydrogen (secondary N) is 2. The Morgan fingerprint density at radius 2 is 1.79 bits per heavy atom. The van der Waals surface area contributed by atoms with Crippen LogP contribution in [-0.4, -0.2) is 25.8 Å². The summed E-state index contributed by atoms with van der Waals surface area (Å²) in [7, 11) is 1.86. The lowest BCUT2D eigenvalue weighted by Crippen LogP contribution is -2.07. The fourth-order valence-corrected chi connectivity index (χ4v) is 3.13. The van der Waals surface area contributed by atoms with E-state index in [0.717, 1.165) is 40.7 Å². The summed E-state index contributed by atoms with van der Waals surface area (Å²) in [4.78, 5) is 9.34. The highest BCUT2D eigenvalue weighted by atomic mass is 19.1. The summed E-state index contributed by atoms with van der Waals surface area (Å²) in [5.74, 6) is 1.76. The monoisotopic (exact) mass is 374 g/mol. The Bertz CT molecular complexity index is 1150. The second-order valence-electron chi connectivity index (χ2n) is 7.05. The first kappa shape index (κ1) is 16.7. The van der Waals surface area contributed by atoms with Gasteiger partial charge in [-0.2, -0.15) is 10.1 Å². The van der Waals surface area contributed by atoms with Crippen LogP contribution in [0.5, 0.6) is 0 Å². The number of aryl methyl sites for hydroxylation is 1. The van der Waals surface area contributed by atoms with Gasteiger partial charge in [-0.3, -0.25) is 4.68 Å². The van der Waals surface area contributed by atoms with Crippen LogP contribution < -0.4 is 10.6 Å². The first-order chi connectivity index (χ1) is 13.6. The maximum absolute atomic E-state index is 13.3. The van der Waals surface area contributed by atoms with Gasteiger partial charge in [0.1, 0.15) is 11.6 Å². The lowest BCUT2D eigenvalue weighted by Gasteiger charge is -2.12. The molecule has 1 aliphatic rings. The molecule has 0 radical (unpaired) electrons. The van der Waals surface area contributed by atoms with Crippen molar-refractivity contribution in [1.29, 1.82) is 0 Å². The molecule has 6 nitrogen and oxygen atoms in total. The number of aromatic nitrogens is 4. The van der Waals surface area contributed by atoms with Gasteiger partial charge in [-0.1, -0.05) is 18.2 Å². The molecular weight excluding hydrogens is 355 g/mol. The van der Waals surface area contributed by atoms with Crippen LogP contribution in [0.25, 0.3) is 22.0 Å². The maximum Gasteiger partial charge on any atom is 0.230 e. The first-order valence-electron chi connectivity index (χ1n) is 9.25. The van der Waals surface area contributed by atoms with Crippen molar-refractivity contribution in [3.63, 3.8) is 0 Å². The minimum absolute atomic E-state index is 0.241. The minimum atomic E-state index is -0.241. The van der Waals surface area contributed by atoms with Crippen LogP contribution in [0.15, 0.2) is 54.7 Å². The highest BCUT2D eigenvalue weighted by Gasteiger charge is 2.23. The van der Waals surface area contributed by atoms with E-state index < -0.39 is 0 Å². The molecule has 0 unspecified atom stereocenters. The topological polar surface area (TPSA) is 67.7 Å². The zero-order valence-electron chi connectivity index (χ0n) is 15.4. The molecular formula is C21H19FN6. The molecule has 1 fully saturated rings. The number of rotatable bonds is 5. The van der Waals surface area contributed by atoms with E-state index in [0.29, 0.717) is 17.8 Å². The normalized spacial score (nSPS) is 13.6. The van der Waals surface area contributed by atoms with Crippen molar-refractivity contribution in [3.05, 3.63) is 60.5 Å². The van der Waals surface area contributed by atoms with Crippen LogP contribution in [-0.2, 0) is 7.05 Å². The molecule has 2 heterocycles. The number of hydrogen-bond donors (Lipinski definition) is 2. The lowest BCUT2D eigenvalue weighted by molar-refractivity contribution is 0.628. The molecule has 2 aromatic carbocycles. The number of fused-ring (bicyclic) bond motifs is 1. The van der Waals surface area contributed by atoms with Gasteiger partial charge in [0.25, 0.3) is 0 Å². The Hall–Kier alpha value is -3.48. The Morgan fingerprint density at radius 3 is 2.50 bits per heavy atom. The van der Waals surface area contributed by atoms with Gasteiger partial charge in [-0.15, -0.1) is 0 Å². The van der Waals surface area contributed by atoms with Gasteiger partial charge >= 0.3 is 0 Å². The second-order valence-corrected chi connectivity index (χ2v) is 7.05. The Labute approximate surface area is 161 Å². The Balaban J connectivity index is 1.57. The van der Waals surface area contributed by atoms with E-state index in [1.165, 1.54) is 12.1 Å². The van der Waals surface area contributed by atoms with Crippen molar-refractivity contribution < 1.29 is 4.39 Å². The van der Waals surface area contributed by atoms with Crippen LogP contribution in [0.4, 0.5) is 22.0 Å². The molecule has 0 atom stereocenters. The van der Waals surface area contributed by atoms with Gasteiger partial charge in [0, 0.05) is 30.7 Å². The summed E-state index contributed by atoms with van der Waals surface area (Å²) in [5.41, 5.74) is 2.79. The van der Waals surface area contributed by atoms with Crippen LogP contribution >= 0.6 is 0 Å². The lowest BCUT2D eigenvalue weighted by atomic mass is 10.0. The van der Waals surface area contributed by atoms with Crippen LogP contribution in [0, 0.1) is 5.82 Å². The fourth-order valence-electron chi connectivity index (χ4n) is 3.13. The smallest absolute Gasteiger partial charge is 0.230 e. The largest absolute Gasteiger partial charge is 0.367 e. The molecule has 0 saturated heterocycles. The first-order valence-corrected chi connectivity index (χ1v) is 9.25. The predicted molar refractivity (Wildman–Crippen MR) is 108 cm³/mol. The van der Waals surface area contributed by atoms with Crippen molar-refractivity contribution >= 4 is 28.5 Å². The molecule has 140 valence electrons. The van der Waals surface area contributed by atoms with Crippen molar-refractivity contribution in [1.82, 2.24) is 19.7 Å². The van der Waals surface area contributed by atoms with E-state index >= 15 is 0 Å². The molecule has 7 heteroatoms. The summed E-state index contributed by atoms with van der Waals surface area (Å²) in [6, 6.07) is 14.8. The molecule has 2 N–H and O–H groups in total. The van der Waals surface area contributed by atoms with E-state index in [1.54, 1.807) is 16.8 Å². The standard InChI is InChI=1S/C21H19FN6/c1-28-11-10-19(27-28)25-21-24-18-9-4-14(13-2-5-15(22)6-3-13)12-17(18)20(26-21)23-16-7-8-16/h2-6,9-12,16H,7-8H2,1H3,(H2,23,24,25,26,27). The van der Waals surface area contributed by atoms with E-state index in [1.807, 2.05) is 31.4 Å². The molecule has 5 rings (SSSR count). The quantitative estimate of drug-likeness (QED) is 0.539. The second kappa shape index (κ2) is 6.60. The summed E-state index contributed by atoms with van der Waals surface area (Å²) in [6.45, 7) is 0. The maximum atomic E-state index is 13.3. The number of nitrogens with zero attached hydrogens (tertiary/aromatic N) is 4. The summed E-state index contributed by atoms with van der Waals surface area (Å²) in [5, 5.41) is 11.9. The molecule has 28 heavy (non-hydrogen) atoms. The van der Waals surface area contributed by atoms with Crippen molar-refractivity contribution in [2.24, 2.45) is 7.05 Å². The Morgan fingerprint density at radius 1 is 1.00 bits per heavy atom. The average molecular weight is 374 g/mol. The van der Waals surface area contributed by atoms with Gasteiger partial charge in [0.2, 0.25) is 5.95 Å². The fraction of sp³-hybridized carbons (Fsp3) is 0.190. The van der Waals surface area contributed by atoms with E-state index in [-0.39, 0.29) is 5.82 Å². The summed E-state index contributed by atoms with van der Waals surface area (Å²) < 4.78 is 15.0. The SMILES string of the molecule is Cn1ccc(Nc2nc(NC3CC3)c3cc(-c4ccc(F)cc4)ccc3n2)n1. The molecule has 0 aliphatic heterocycles. The molecule has 1 aliphatic carbocycles. The third-order valence-corrected chi connectivity index (χ3v) is 4.74. The van der Waals surface area contributed by atoms with Crippen molar-refractivity contribution in [2.45, 2.75) is 18.9 Å². The summed E-state index contributed by atoms with van der Waals surface area (Å²) >= 11 is 0. The van der Waals surface area contributed by atoms with Crippen molar-refractivity contribution in [2.75, 3.05) is 10.6 Å². The van der Waals surface area contributed by atoms with Crippen LogP contribution in [0.3, 0.4) is 0 Å². The number of hydrogen-bond acceptors (Lipinski definition) is 5. The minimum Gasteiger partial charge on any atom is -0.367 e. The van der Waals surface area contributed by atoms with Gasteiger partial charge in [0.05, 0.1) is 5.52 Å². The summed E-state index contributed by atoms with van der Waals surface area (Å²) in [6.07, 6.45) is 4.15. The van der Waals surface area contributed by atoms with Gasteiger partial charge in [-0.05, 0) is 48.2 Å². The number of anilines is 3. The predicted octanol–water partition coefficient (Wildman–Crippen LogP) is 4.49. The van der Waals surface area contributed by atoms with Crippen molar-refractivity contribution in [3.8, 4) is 11.1 Å². The van der Waals surface area contributed by atoms with Crippen LogP contribution in [0.2, 0.25) is 0 Å². The Kier molecular flexibility index (Phi) is 3.93. The third kappa shape index (κ3) is 3.38.